The van der Waals surface area contributed by atoms with E-state index in [1.807, 2.05) is 0 Å². The number of aliphatic carboxylic acids is 1. The first-order valence-electron chi connectivity index (χ1n) is 8.93. The molecule has 0 spiro atoms. The second kappa shape index (κ2) is 6.68. The molecule has 3 unspecified atom stereocenters. The molecular formula is C19H23N3O5. The molecule has 3 atom stereocenters. The maximum Gasteiger partial charge on any atom is 0.308 e. The highest BCUT2D eigenvalue weighted by molar-refractivity contribution is 6.11. The van der Waals surface area contributed by atoms with Crippen molar-refractivity contribution >= 4 is 29.4 Å². The number of anilines is 1. The molecule has 2 heterocycles. The fraction of sp³-hybridized carbons (Fsp3) is 0.474. The maximum absolute atomic E-state index is 13.0. The fourth-order valence-electron chi connectivity index (χ4n) is 3.72. The van der Waals surface area contributed by atoms with Gasteiger partial charge in [-0.05, 0) is 39.3 Å². The van der Waals surface area contributed by atoms with Crippen LogP contribution in [0.5, 0.6) is 0 Å². The van der Waals surface area contributed by atoms with Gasteiger partial charge >= 0.3 is 5.97 Å². The van der Waals surface area contributed by atoms with E-state index in [0.29, 0.717) is 24.1 Å². The van der Waals surface area contributed by atoms with Crippen LogP contribution in [0.1, 0.15) is 44.0 Å². The molecule has 1 saturated heterocycles. The van der Waals surface area contributed by atoms with Crippen molar-refractivity contribution in [1.82, 2.24) is 10.2 Å². The number of nitrogens with zero attached hydrogens (tertiary/aromatic N) is 2. The summed E-state index contributed by atoms with van der Waals surface area (Å²) in [5.74, 6) is -2.62. The Morgan fingerprint density at radius 3 is 2.59 bits per heavy atom. The molecule has 0 radical (unpaired) electrons. The molecule has 8 nitrogen and oxygen atoms in total. The minimum atomic E-state index is -1.01. The predicted molar refractivity (Wildman–Crippen MR) is 97.0 cm³/mol. The molecule has 1 aromatic carbocycles. The first-order chi connectivity index (χ1) is 12.7. The third kappa shape index (κ3) is 3.05. The Morgan fingerprint density at radius 2 is 1.93 bits per heavy atom. The van der Waals surface area contributed by atoms with Gasteiger partial charge < -0.3 is 15.3 Å². The summed E-state index contributed by atoms with van der Waals surface area (Å²) in [5, 5.41) is 11.7. The quantitative estimate of drug-likeness (QED) is 0.807. The van der Waals surface area contributed by atoms with Crippen molar-refractivity contribution < 1.29 is 24.3 Å². The van der Waals surface area contributed by atoms with Crippen LogP contribution < -0.4 is 10.2 Å². The summed E-state index contributed by atoms with van der Waals surface area (Å²) in [4.78, 5) is 52.1. The lowest BCUT2D eigenvalue weighted by molar-refractivity contribution is -0.142. The van der Waals surface area contributed by atoms with Crippen molar-refractivity contribution in [1.29, 1.82) is 0 Å². The van der Waals surface area contributed by atoms with Crippen molar-refractivity contribution in [3.05, 3.63) is 29.8 Å². The lowest BCUT2D eigenvalue weighted by Crippen LogP contribution is -2.64. The molecule has 2 N–H and O–H groups in total. The Kier molecular flexibility index (Phi) is 4.67. The van der Waals surface area contributed by atoms with Crippen molar-refractivity contribution in [2.45, 2.75) is 45.3 Å². The molecule has 3 amide bonds. The molecule has 144 valence electrons. The normalized spacial score (nSPS) is 23.5. The zero-order valence-electron chi connectivity index (χ0n) is 15.6. The van der Waals surface area contributed by atoms with Crippen LogP contribution in [0, 0.1) is 5.92 Å². The number of fused-ring (bicyclic) bond motifs is 3. The highest BCUT2D eigenvalue weighted by Gasteiger charge is 2.53. The van der Waals surface area contributed by atoms with E-state index in [2.05, 4.69) is 5.32 Å². The summed E-state index contributed by atoms with van der Waals surface area (Å²) >= 11 is 0. The van der Waals surface area contributed by atoms with E-state index in [9.17, 15) is 19.2 Å². The second-order valence-corrected chi connectivity index (χ2v) is 7.34. The van der Waals surface area contributed by atoms with Gasteiger partial charge in [-0.25, -0.2) is 0 Å². The van der Waals surface area contributed by atoms with Crippen molar-refractivity contribution in [2.24, 2.45) is 5.92 Å². The summed E-state index contributed by atoms with van der Waals surface area (Å²) < 4.78 is 0. The lowest BCUT2D eigenvalue weighted by atomic mass is 9.98. The van der Waals surface area contributed by atoms with Gasteiger partial charge in [0.2, 0.25) is 11.8 Å². The highest BCUT2D eigenvalue weighted by atomic mass is 16.4. The van der Waals surface area contributed by atoms with Crippen LogP contribution in [-0.2, 0) is 14.4 Å². The van der Waals surface area contributed by atoms with E-state index in [0.717, 1.165) is 0 Å². The minimum Gasteiger partial charge on any atom is -0.481 e. The number of hydrogen-bond donors (Lipinski definition) is 2. The second-order valence-electron chi connectivity index (χ2n) is 7.34. The van der Waals surface area contributed by atoms with Crippen molar-refractivity contribution in [2.75, 3.05) is 11.4 Å². The Bertz CT molecular complexity index is 823. The zero-order valence-corrected chi connectivity index (χ0v) is 15.6. The van der Waals surface area contributed by atoms with Gasteiger partial charge in [-0.2, -0.15) is 0 Å². The van der Waals surface area contributed by atoms with Crippen LogP contribution in [0.3, 0.4) is 0 Å². The van der Waals surface area contributed by atoms with E-state index < -0.39 is 29.5 Å². The Balaban J connectivity index is 1.87. The maximum atomic E-state index is 13.0. The summed E-state index contributed by atoms with van der Waals surface area (Å²) in [6, 6.07) is 6.28. The SMILES string of the molecule is CC(NC(=O)CN1C(=O)c2ccccc2N2C(=O)CCC12C)C(C)C(=O)O. The topological polar surface area (TPSA) is 107 Å². The van der Waals surface area contributed by atoms with Crippen LogP contribution in [-0.4, -0.2) is 51.9 Å². The van der Waals surface area contributed by atoms with Gasteiger partial charge in [0.25, 0.3) is 5.91 Å². The molecule has 1 aromatic rings. The standard InChI is InChI=1S/C19H23N3O5/c1-11(18(26)27)12(2)20-15(23)10-21-17(25)13-6-4-5-7-14(13)22-16(24)8-9-19(21,22)3/h4-7,11-12H,8-10H2,1-3H3,(H,20,23)(H,26,27). The van der Waals surface area contributed by atoms with Gasteiger partial charge in [-0.15, -0.1) is 0 Å². The minimum absolute atomic E-state index is 0.0873. The summed E-state index contributed by atoms with van der Waals surface area (Å²) in [7, 11) is 0. The summed E-state index contributed by atoms with van der Waals surface area (Å²) in [6.45, 7) is 4.65. The van der Waals surface area contributed by atoms with E-state index >= 15 is 0 Å². The number of hydrogen-bond acceptors (Lipinski definition) is 4. The van der Waals surface area contributed by atoms with Crippen LogP contribution in [0.25, 0.3) is 0 Å². The number of para-hydroxylation sites is 1. The number of carbonyl (C=O) groups excluding carboxylic acids is 3. The van der Waals surface area contributed by atoms with Gasteiger partial charge in [0.1, 0.15) is 12.2 Å². The van der Waals surface area contributed by atoms with E-state index in [-0.39, 0.29) is 18.4 Å². The molecule has 0 bridgehead atoms. The molecular weight excluding hydrogens is 350 g/mol. The Morgan fingerprint density at radius 1 is 1.26 bits per heavy atom. The summed E-state index contributed by atoms with van der Waals surface area (Å²) in [5.41, 5.74) is 0.0311. The lowest BCUT2D eigenvalue weighted by Gasteiger charge is -2.48. The predicted octanol–water partition coefficient (Wildman–Crippen LogP) is 1.21. The molecule has 27 heavy (non-hydrogen) atoms. The number of rotatable bonds is 5. The van der Waals surface area contributed by atoms with Gasteiger partial charge in [0, 0.05) is 12.5 Å². The molecule has 0 aromatic heterocycles. The third-order valence-electron chi connectivity index (χ3n) is 5.58. The van der Waals surface area contributed by atoms with Crippen molar-refractivity contribution in [3.63, 3.8) is 0 Å². The first kappa shape index (κ1) is 18.9. The molecule has 0 saturated carbocycles. The van der Waals surface area contributed by atoms with Crippen LogP contribution in [0.2, 0.25) is 0 Å². The molecule has 3 rings (SSSR count). The van der Waals surface area contributed by atoms with E-state index in [1.54, 1.807) is 43.0 Å². The Labute approximate surface area is 157 Å². The molecule has 1 fully saturated rings. The van der Waals surface area contributed by atoms with Crippen LogP contribution >= 0.6 is 0 Å². The van der Waals surface area contributed by atoms with E-state index in [4.69, 9.17) is 5.11 Å². The number of nitrogens with one attached hydrogen (secondary N) is 1. The first-order valence-corrected chi connectivity index (χ1v) is 8.93. The number of amides is 3. The summed E-state index contributed by atoms with van der Waals surface area (Å²) in [6.07, 6.45) is 0.725. The number of carbonyl (C=O) groups is 4. The fourth-order valence-corrected chi connectivity index (χ4v) is 3.72. The van der Waals surface area contributed by atoms with Crippen molar-refractivity contribution in [3.8, 4) is 0 Å². The third-order valence-corrected chi connectivity index (χ3v) is 5.58. The van der Waals surface area contributed by atoms with Crippen LogP contribution in [0.15, 0.2) is 24.3 Å². The molecule has 0 aliphatic carbocycles. The number of carboxylic acid groups (broad SMARTS) is 1. The van der Waals surface area contributed by atoms with E-state index in [1.165, 1.54) is 11.8 Å². The number of benzene rings is 1. The van der Waals surface area contributed by atoms with Gasteiger partial charge in [0.05, 0.1) is 17.2 Å². The zero-order chi connectivity index (χ0) is 19.9. The van der Waals surface area contributed by atoms with Crippen LogP contribution in [0.4, 0.5) is 5.69 Å². The average molecular weight is 373 g/mol. The van der Waals surface area contributed by atoms with Gasteiger partial charge in [0.15, 0.2) is 0 Å². The highest BCUT2D eigenvalue weighted by Crippen LogP contribution is 2.43. The smallest absolute Gasteiger partial charge is 0.308 e. The number of carboxylic acids is 1. The average Bonchev–Trinajstić information content (AvgIpc) is 2.93. The monoisotopic (exact) mass is 373 g/mol. The van der Waals surface area contributed by atoms with Gasteiger partial charge in [-0.3, -0.25) is 24.1 Å². The largest absolute Gasteiger partial charge is 0.481 e. The molecule has 2 aliphatic rings. The molecule has 2 aliphatic heterocycles. The van der Waals surface area contributed by atoms with Gasteiger partial charge in [-0.1, -0.05) is 12.1 Å². The molecule has 8 heteroatoms. The Hall–Kier alpha value is -2.90.